The van der Waals surface area contributed by atoms with Gasteiger partial charge in [-0.3, -0.25) is 14.9 Å². The van der Waals surface area contributed by atoms with Gasteiger partial charge in [-0.15, -0.1) is 0 Å². The lowest BCUT2D eigenvalue weighted by atomic mass is 9.87. The van der Waals surface area contributed by atoms with E-state index < -0.39 is 4.92 Å². The first kappa shape index (κ1) is 16.1. The molecule has 1 N–H and O–H groups in total. The number of anilines is 1. The molecule has 24 heavy (non-hydrogen) atoms. The summed E-state index contributed by atoms with van der Waals surface area (Å²) in [6, 6.07) is 8.89. The second-order valence-corrected chi connectivity index (χ2v) is 5.98. The summed E-state index contributed by atoms with van der Waals surface area (Å²) < 4.78 is 13.6. The van der Waals surface area contributed by atoms with Crippen LogP contribution in [0.5, 0.6) is 0 Å². The molecule has 0 radical (unpaired) electrons. The van der Waals surface area contributed by atoms with Crippen LogP contribution in [0.3, 0.4) is 0 Å². The van der Waals surface area contributed by atoms with E-state index in [0.29, 0.717) is 11.3 Å². The van der Waals surface area contributed by atoms with Crippen molar-refractivity contribution >= 4 is 17.2 Å². The Balaban J connectivity index is 1.96. The molecule has 1 unspecified atom stereocenters. The molecule has 0 aromatic heterocycles. The highest BCUT2D eigenvalue weighted by atomic mass is 19.1. The number of halogens is 1. The molecule has 0 fully saturated rings. The number of rotatable bonds is 4. The second-order valence-electron chi connectivity index (χ2n) is 5.98. The van der Waals surface area contributed by atoms with Crippen LogP contribution in [0.15, 0.2) is 36.4 Å². The Labute approximate surface area is 138 Å². The normalized spacial score (nSPS) is 16.3. The standard InChI is InChI=1S/C18H17FN2O3/c1-11(22)13-6-8-17(18(9-13)21(23)24)20-16-4-2-3-12-5-7-14(19)10-15(12)16/h5-10,16,20H,2-4H2,1H3. The van der Waals surface area contributed by atoms with E-state index in [0.717, 1.165) is 30.4 Å². The number of nitro groups is 1. The molecule has 0 amide bonds. The number of carbonyl (C=O) groups excluding carboxylic acids is 1. The summed E-state index contributed by atoms with van der Waals surface area (Å²) in [5.41, 5.74) is 2.38. The van der Waals surface area contributed by atoms with Gasteiger partial charge in [-0.2, -0.15) is 0 Å². The van der Waals surface area contributed by atoms with E-state index in [1.807, 2.05) is 0 Å². The van der Waals surface area contributed by atoms with E-state index in [1.165, 1.54) is 25.1 Å². The van der Waals surface area contributed by atoms with Crippen LogP contribution in [-0.4, -0.2) is 10.7 Å². The van der Waals surface area contributed by atoms with Crippen molar-refractivity contribution < 1.29 is 14.1 Å². The average Bonchev–Trinajstić information content (AvgIpc) is 2.55. The number of nitrogens with zero attached hydrogens (tertiary/aromatic N) is 1. The fraction of sp³-hybridized carbons (Fsp3) is 0.278. The van der Waals surface area contributed by atoms with Crippen molar-refractivity contribution in [2.24, 2.45) is 0 Å². The summed E-state index contributed by atoms with van der Waals surface area (Å²) in [6.07, 6.45) is 2.57. The number of Topliss-reactive ketones (excluding diaryl/α,β-unsaturated/α-hetero) is 1. The molecule has 6 heteroatoms. The van der Waals surface area contributed by atoms with Crippen molar-refractivity contribution in [2.45, 2.75) is 32.2 Å². The maximum Gasteiger partial charge on any atom is 0.293 e. The second kappa shape index (κ2) is 6.39. The Kier molecular flexibility index (Phi) is 4.29. The van der Waals surface area contributed by atoms with Gasteiger partial charge in [0.25, 0.3) is 5.69 Å². The number of carbonyl (C=O) groups is 1. The van der Waals surface area contributed by atoms with Gasteiger partial charge in [0, 0.05) is 11.6 Å². The molecule has 1 aliphatic rings. The van der Waals surface area contributed by atoms with Crippen LogP contribution in [0.4, 0.5) is 15.8 Å². The van der Waals surface area contributed by atoms with Crippen LogP contribution in [0, 0.1) is 15.9 Å². The first-order valence-electron chi connectivity index (χ1n) is 7.80. The number of nitro benzene ring substituents is 1. The number of ketones is 1. The first-order valence-corrected chi connectivity index (χ1v) is 7.80. The van der Waals surface area contributed by atoms with Crippen LogP contribution in [0.1, 0.15) is 47.3 Å². The summed E-state index contributed by atoms with van der Waals surface area (Å²) in [7, 11) is 0. The molecule has 2 aromatic rings. The minimum Gasteiger partial charge on any atom is -0.373 e. The summed E-state index contributed by atoms with van der Waals surface area (Å²) in [5, 5.41) is 14.5. The van der Waals surface area contributed by atoms with Gasteiger partial charge in [0.15, 0.2) is 5.78 Å². The van der Waals surface area contributed by atoms with Gasteiger partial charge >= 0.3 is 0 Å². The van der Waals surface area contributed by atoms with Gasteiger partial charge in [0.2, 0.25) is 0 Å². The van der Waals surface area contributed by atoms with Crippen LogP contribution in [0.2, 0.25) is 0 Å². The molecule has 3 rings (SSSR count). The van der Waals surface area contributed by atoms with Crippen LogP contribution in [0.25, 0.3) is 0 Å². The van der Waals surface area contributed by atoms with Gasteiger partial charge in [-0.1, -0.05) is 6.07 Å². The Bertz CT molecular complexity index is 820. The highest BCUT2D eigenvalue weighted by molar-refractivity contribution is 5.95. The molecular formula is C18H17FN2O3. The van der Waals surface area contributed by atoms with Gasteiger partial charge in [0.05, 0.1) is 11.0 Å². The Hall–Kier alpha value is -2.76. The zero-order valence-electron chi connectivity index (χ0n) is 13.2. The molecule has 1 aliphatic carbocycles. The lowest BCUT2D eigenvalue weighted by Gasteiger charge is -2.27. The number of hydrogen-bond acceptors (Lipinski definition) is 4. The summed E-state index contributed by atoms with van der Waals surface area (Å²) in [6.45, 7) is 1.37. The van der Waals surface area contributed by atoms with E-state index in [1.54, 1.807) is 18.2 Å². The number of aryl methyl sites for hydroxylation is 1. The van der Waals surface area contributed by atoms with Crippen molar-refractivity contribution in [1.82, 2.24) is 0 Å². The van der Waals surface area contributed by atoms with Crippen molar-refractivity contribution in [1.29, 1.82) is 0 Å². The van der Waals surface area contributed by atoms with Crippen LogP contribution in [-0.2, 0) is 6.42 Å². The SMILES string of the molecule is CC(=O)c1ccc(NC2CCCc3ccc(F)cc32)c([N+](=O)[O-])c1. The number of hydrogen-bond donors (Lipinski definition) is 1. The third-order valence-corrected chi connectivity index (χ3v) is 4.35. The predicted molar refractivity (Wildman–Crippen MR) is 88.8 cm³/mol. The van der Waals surface area contributed by atoms with Crippen LogP contribution < -0.4 is 5.32 Å². The summed E-state index contributed by atoms with van der Waals surface area (Å²) in [5.74, 6) is -0.543. The number of benzene rings is 2. The average molecular weight is 328 g/mol. The monoisotopic (exact) mass is 328 g/mol. The van der Waals surface area contributed by atoms with Crippen molar-refractivity contribution in [3.63, 3.8) is 0 Å². The van der Waals surface area contributed by atoms with Gasteiger partial charge in [-0.05, 0) is 61.6 Å². The van der Waals surface area contributed by atoms with Gasteiger partial charge in [-0.25, -0.2) is 4.39 Å². The Morgan fingerprint density at radius 2 is 2.08 bits per heavy atom. The number of fused-ring (bicyclic) bond motifs is 1. The van der Waals surface area contributed by atoms with Crippen molar-refractivity contribution in [2.75, 3.05) is 5.32 Å². The maximum atomic E-state index is 13.6. The third-order valence-electron chi connectivity index (χ3n) is 4.35. The lowest BCUT2D eigenvalue weighted by Crippen LogP contribution is -2.18. The predicted octanol–water partition coefficient (Wildman–Crippen LogP) is 4.43. The summed E-state index contributed by atoms with van der Waals surface area (Å²) >= 11 is 0. The van der Waals surface area contributed by atoms with E-state index >= 15 is 0 Å². The zero-order valence-corrected chi connectivity index (χ0v) is 13.2. The quantitative estimate of drug-likeness (QED) is 0.512. The molecule has 0 aliphatic heterocycles. The maximum absolute atomic E-state index is 13.6. The molecule has 5 nitrogen and oxygen atoms in total. The lowest BCUT2D eigenvalue weighted by molar-refractivity contribution is -0.384. The van der Waals surface area contributed by atoms with Gasteiger partial charge < -0.3 is 5.32 Å². The first-order chi connectivity index (χ1) is 11.5. The summed E-state index contributed by atoms with van der Waals surface area (Å²) in [4.78, 5) is 22.3. The fourth-order valence-electron chi connectivity index (χ4n) is 3.13. The van der Waals surface area contributed by atoms with E-state index in [4.69, 9.17) is 0 Å². The largest absolute Gasteiger partial charge is 0.373 e. The smallest absolute Gasteiger partial charge is 0.293 e. The minimum absolute atomic E-state index is 0.147. The van der Waals surface area contributed by atoms with E-state index in [2.05, 4.69) is 5.32 Å². The Morgan fingerprint density at radius 3 is 2.79 bits per heavy atom. The van der Waals surface area contributed by atoms with E-state index in [9.17, 15) is 19.3 Å². The minimum atomic E-state index is -0.510. The molecule has 1 atom stereocenters. The molecule has 0 saturated carbocycles. The molecule has 2 aromatic carbocycles. The molecule has 0 spiro atoms. The van der Waals surface area contributed by atoms with E-state index in [-0.39, 0.29) is 23.3 Å². The fourth-order valence-corrected chi connectivity index (χ4v) is 3.13. The number of nitrogens with one attached hydrogen (secondary N) is 1. The third kappa shape index (κ3) is 3.13. The molecule has 0 heterocycles. The highest BCUT2D eigenvalue weighted by Crippen LogP contribution is 2.36. The molecule has 0 saturated heterocycles. The van der Waals surface area contributed by atoms with Crippen molar-refractivity contribution in [3.8, 4) is 0 Å². The molecular weight excluding hydrogens is 311 g/mol. The van der Waals surface area contributed by atoms with Gasteiger partial charge in [0.1, 0.15) is 11.5 Å². The Morgan fingerprint density at radius 1 is 1.29 bits per heavy atom. The molecule has 124 valence electrons. The van der Waals surface area contributed by atoms with Crippen molar-refractivity contribution in [3.05, 3.63) is 69.0 Å². The molecule has 0 bridgehead atoms. The highest BCUT2D eigenvalue weighted by Gasteiger charge is 2.24. The topological polar surface area (TPSA) is 72.2 Å². The zero-order chi connectivity index (χ0) is 17.3. The van der Waals surface area contributed by atoms with Crippen LogP contribution >= 0.6 is 0 Å².